The van der Waals surface area contributed by atoms with Gasteiger partial charge in [0.05, 0.1) is 32.7 Å². The van der Waals surface area contributed by atoms with E-state index < -0.39 is 0 Å². The van der Waals surface area contributed by atoms with E-state index in [1.807, 2.05) is 0 Å². The summed E-state index contributed by atoms with van der Waals surface area (Å²) in [6.07, 6.45) is 0.267. The van der Waals surface area contributed by atoms with Crippen molar-refractivity contribution in [2.75, 3.05) is 27.3 Å². The Bertz CT molecular complexity index is 483. The summed E-state index contributed by atoms with van der Waals surface area (Å²) in [5, 5.41) is 3.08. The average Bonchev–Trinajstić information content (AvgIpc) is 2.90. The van der Waals surface area contributed by atoms with Crippen molar-refractivity contribution in [2.24, 2.45) is 4.99 Å². The molecular formula is C13H16N2O3. The van der Waals surface area contributed by atoms with Gasteiger partial charge >= 0.3 is 0 Å². The number of nitrogens with one attached hydrogen (secondary N) is 1. The van der Waals surface area contributed by atoms with Gasteiger partial charge in [-0.15, -0.1) is 0 Å². The number of aliphatic imine (C=N–C) groups is 1. The minimum absolute atomic E-state index is 0.0288. The highest BCUT2D eigenvalue weighted by atomic mass is 16.5. The summed E-state index contributed by atoms with van der Waals surface area (Å²) >= 11 is 0. The summed E-state index contributed by atoms with van der Waals surface area (Å²) in [6.45, 7) is 1.54. The number of carbonyl (C=O) groups is 1. The summed E-state index contributed by atoms with van der Waals surface area (Å²) in [5.74, 6) is 1.91. The Kier molecular flexibility index (Phi) is 3.82. The van der Waals surface area contributed by atoms with Crippen molar-refractivity contribution in [3.63, 3.8) is 0 Å². The van der Waals surface area contributed by atoms with Gasteiger partial charge in [0.15, 0.2) is 5.78 Å². The number of hydrogen-bond acceptors (Lipinski definition) is 5. The molecule has 5 heteroatoms. The summed E-state index contributed by atoms with van der Waals surface area (Å²) in [7, 11) is 3.11. The van der Waals surface area contributed by atoms with Crippen molar-refractivity contribution in [3.05, 3.63) is 23.8 Å². The van der Waals surface area contributed by atoms with Crippen LogP contribution in [0.25, 0.3) is 0 Å². The first-order chi connectivity index (χ1) is 8.74. The van der Waals surface area contributed by atoms with Crippen LogP contribution < -0.4 is 14.8 Å². The summed E-state index contributed by atoms with van der Waals surface area (Å²) in [6, 6.07) is 5.19. The molecule has 1 aromatic carbocycles. The largest absolute Gasteiger partial charge is 0.497 e. The van der Waals surface area contributed by atoms with E-state index in [2.05, 4.69) is 10.3 Å². The van der Waals surface area contributed by atoms with Crippen molar-refractivity contribution in [1.29, 1.82) is 0 Å². The summed E-state index contributed by atoms with van der Waals surface area (Å²) in [5.41, 5.74) is 0.522. The van der Waals surface area contributed by atoms with E-state index in [4.69, 9.17) is 9.47 Å². The average molecular weight is 248 g/mol. The van der Waals surface area contributed by atoms with Crippen molar-refractivity contribution < 1.29 is 14.3 Å². The highest BCUT2D eigenvalue weighted by Crippen LogP contribution is 2.25. The molecule has 0 saturated heterocycles. The summed E-state index contributed by atoms with van der Waals surface area (Å²) in [4.78, 5) is 16.4. The van der Waals surface area contributed by atoms with Crippen LogP contribution in [0.1, 0.15) is 16.8 Å². The Hall–Kier alpha value is -2.04. The normalized spacial score (nSPS) is 13.8. The zero-order chi connectivity index (χ0) is 13.0. The molecule has 0 unspecified atom stereocenters. The van der Waals surface area contributed by atoms with Crippen molar-refractivity contribution in [1.82, 2.24) is 5.32 Å². The second-order valence-corrected chi connectivity index (χ2v) is 3.92. The number of amidine groups is 1. The van der Waals surface area contributed by atoms with Gasteiger partial charge < -0.3 is 14.8 Å². The first kappa shape index (κ1) is 12.4. The molecule has 0 spiro atoms. The molecule has 1 aliphatic rings. The van der Waals surface area contributed by atoms with Gasteiger partial charge in [-0.2, -0.15) is 0 Å². The van der Waals surface area contributed by atoms with Crippen LogP contribution in [-0.2, 0) is 0 Å². The van der Waals surface area contributed by atoms with Crippen LogP contribution in [0.3, 0.4) is 0 Å². The van der Waals surface area contributed by atoms with Gasteiger partial charge in [-0.1, -0.05) is 0 Å². The number of ether oxygens (including phenoxy) is 2. The number of benzene rings is 1. The Balaban J connectivity index is 2.21. The molecule has 5 nitrogen and oxygen atoms in total. The van der Waals surface area contributed by atoms with Crippen LogP contribution in [0, 0.1) is 0 Å². The van der Waals surface area contributed by atoms with E-state index in [1.165, 1.54) is 0 Å². The zero-order valence-corrected chi connectivity index (χ0v) is 10.5. The number of rotatable bonds is 5. The molecule has 1 heterocycles. The molecule has 0 aliphatic carbocycles. The number of methoxy groups -OCH3 is 2. The van der Waals surface area contributed by atoms with E-state index in [0.29, 0.717) is 17.1 Å². The molecular weight excluding hydrogens is 232 g/mol. The quantitative estimate of drug-likeness (QED) is 0.797. The maximum Gasteiger partial charge on any atom is 0.174 e. The van der Waals surface area contributed by atoms with Crippen molar-refractivity contribution >= 4 is 11.6 Å². The lowest BCUT2D eigenvalue weighted by molar-refractivity contribution is 0.0996. The van der Waals surface area contributed by atoms with E-state index in [0.717, 1.165) is 18.9 Å². The lowest BCUT2D eigenvalue weighted by Crippen LogP contribution is -2.21. The van der Waals surface area contributed by atoms with E-state index >= 15 is 0 Å². The zero-order valence-electron chi connectivity index (χ0n) is 10.5. The SMILES string of the molecule is COc1ccc(OC)c(C(=O)CC2=NCCN2)c1. The molecule has 0 atom stereocenters. The molecule has 0 amide bonds. The molecule has 0 bridgehead atoms. The smallest absolute Gasteiger partial charge is 0.174 e. The maximum atomic E-state index is 12.2. The van der Waals surface area contributed by atoms with Gasteiger partial charge in [0, 0.05) is 6.54 Å². The van der Waals surface area contributed by atoms with Gasteiger partial charge in [0.1, 0.15) is 17.3 Å². The van der Waals surface area contributed by atoms with E-state index in [9.17, 15) is 4.79 Å². The third-order valence-electron chi connectivity index (χ3n) is 2.78. The molecule has 1 N–H and O–H groups in total. The maximum absolute atomic E-state index is 12.2. The van der Waals surface area contributed by atoms with Gasteiger partial charge in [-0.25, -0.2) is 0 Å². The molecule has 0 saturated carbocycles. The Morgan fingerprint density at radius 2 is 2.22 bits per heavy atom. The molecule has 2 rings (SSSR count). The third-order valence-corrected chi connectivity index (χ3v) is 2.78. The fraction of sp³-hybridized carbons (Fsp3) is 0.385. The third kappa shape index (κ3) is 2.61. The fourth-order valence-electron chi connectivity index (χ4n) is 1.84. The number of carbonyl (C=O) groups excluding carboxylic acids is 1. The summed E-state index contributed by atoms with van der Waals surface area (Å²) < 4.78 is 10.3. The Morgan fingerprint density at radius 1 is 1.39 bits per heavy atom. The van der Waals surface area contributed by atoms with Crippen LogP contribution >= 0.6 is 0 Å². The lowest BCUT2D eigenvalue weighted by Gasteiger charge is -2.09. The topological polar surface area (TPSA) is 59.9 Å². The van der Waals surface area contributed by atoms with Crippen LogP contribution in [0.4, 0.5) is 0 Å². The number of ketones is 1. The van der Waals surface area contributed by atoms with Gasteiger partial charge in [-0.05, 0) is 18.2 Å². The fourth-order valence-corrected chi connectivity index (χ4v) is 1.84. The van der Waals surface area contributed by atoms with Gasteiger partial charge in [0.25, 0.3) is 0 Å². The lowest BCUT2D eigenvalue weighted by atomic mass is 10.1. The van der Waals surface area contributed by atoms with Crippen molar-refractivity contribution in [3.8, 4) is 11.5 Å². The molecule has 0 aromatic heterocycles. The number of hydrogen-bond donors (Lipinski definition) is 1. The molecule has 1 aliphatic heterocycles. The first-order valence-electron chi connectivity index (χ1n) is 5.77. The van der Waals surface area contributed by atoms with Crippen LogP contribution in [0.15, 0.2) is 23.2 Å². The predicted octanol–water partition coefficient (Wildman–Crippen LogP) is 1.28. The van der Waals surface area contributed by atoms with Crippen LogP contribution in [-0.4, -0.2) is 38.9 Å². The Labute approximate surface area is 106 Å². The van der Waals surface area contributed by atoms with Gasteiger partial charge in [-0.3, -0.25) is 9.79 Å². The molecule has 0 fully saturated rings. The standard InChI is InChI=1S/C13H16N2O3/c1-17-9-3-4-12(18-2)10(7-9)11(16)8-13-14-5-6-15-13/h3-4,7H,5-6,8H2,1-2H3,(H,14,15). The molecule has 1 aromatic rings. The van der Waals surface area contributed by atoms with E-state index in [1.54, 1.807) is 32.4 Å². The monoisotopic (exact) mass is 248 g/mol. The molecule has 96 valence electrons. The first-order valence-corrected chi connectivity index (χ1v) is 5.77. The number of Topliss-reactive ketones (excluding diaryl/α,β-unsaturated/α-hetero) is 1. The molecule has 0 radical (unpaired) electrons. The van der Waals surface area contributed by atoms with E-state index in [-0.39, 0.29) is 12.2 Å². The minimum Gasteiger partial charge on any atom is -0.497 e. The molecule has 18 heavy (non-hydrogen) atoms. The van der Waals surface area contributed by atoms with Crippen molar-refractivity contribution in [2.45, 2.75) is 6.42 Å². The van der Waals surface area contributed by atoms with Gasteiger partial charge in [0.2, 0.25) is 0 Å². The highest BCUT2D eigenvalue weighted by Gasteiger charge is 2.17. The number of nitrogens with zero attached hydrogens (tertiary/aromatic N) is 1. The van der Waals surface area contributed by atoms with Crippen LogP contribution in [0.5, 0.6) is 11.5 Å². The predicted molar refractivity (Wildman–Crippen MR) is 68.8 cm³/mol. The van der Waals surface area contributed by atoms with Crippen LogP contribution in [0.2, 0.25) is 0 Å². The Morgan fingerprint density at radius 3 is 2.83 bits per heavy atom. The second-order valence-electron chi connectivity index (χ2n) is 3.92. The minimum atomic E-state index is -0.0288. The second kappa shape index (κ2) is 5.53. The highest BCUT2D eigenvalue weighted by molar-refractivity contribution is 6.10.